The Bertz CT molecular complexity index is 261. The highest BCUT2D eigenvalue weighted by Crippen LogP contribution is 2.03. The van der Waals surface area contributed by atoms with Crippen molar-refractivity contribution < 1.29 is 8.42 Å². The van der Waals surface area contributed by atoms with E-state index in [1.165, 1.54) is 6.26 Å². The molecule has 0 saturated carbocycles. The van der Waals surface area contributed by atoms with Crippen molar-refractivity contribution in [3.05, 3.63) is 0 Å². The van der Waals surface area contributed by atoms with Crippen LogP contribution in [0.3, 0.4) is 0 Å². The Morgan fingerprint density at radius 2 is 1.75 bits per heavy atom. The lowest BCUT2D eigenvalue weighted by Crippen LogP contribution is -2.30. The highest BCUT2D eigenvalue weighted by Gasteiger charge is 2.08. The molecule has 0 spiro atoms. The minimum atomic E-state index is -2.83. The van der Waals surface area contributed by atoms with Crippen molar-refractivity contribution >= 4 is 9.84 Å². The van der Waals surface area contributed by atoms with Gasteiger partial charge in [0, 0.05) is 18.1 Å². The van der Waals surface area contributed by atoms with E-state index < -0.39 is 9.84 Å². The molecule has 5 heteroatoms. The highest BCUT2D eigenvalue weighted by atomic mass is 32.2. The molecule has 0 fully saturated rings. The Balaban J connectivity index is 3.62. The van der Waals surface area contributed by atoms with Gasteiger partial charge in [-0.15, -0.1) is 0 Å². The molecule has 0 bridgehead atoms. The predicted octanol–water partition coefficient (Wildman–Crippen LogP) is 0.870. The lowest BCUT2D eigenvalue weighted by Gasteiger charge is -2.20. The largest absolute Gasteiger partial charge is 0.328 e. The Labute approximate surface area is 100 Å². The minimum absolute atomic E-state index is 0.127. The van der Waals surface area contributed by atoms with Crippen LogP contribution in [0.1, 0.15) is 33.1 Å². The molecule has 16 heavy (non-hydrogen) atoms. The summed E-state index contributed by atoms with van der Waals surface area (Å²) in [5, 5.41) is 0. The molecule has 2 N–H and O–H groups in total. The van der Waals surface area contributed by atoms with Crippen molar-refractivity contribution in [3.8, 4) is 0 Å². The van der Waals surface area contributed by atoms with Crippen molar-refractivity contribution in [2.45, 2.75) is 39.2 Å². The summed E-state index contributed by atoms with van der Waals surface area (Å²) in [6.07, 6.45) is 3.70. The molecule has 0 heterocycles. The second-order valence-corrected chi connectivity index (χ2v) is 6.61. The molecule has 0 amide bonds. The average molecular weight is 250 g/mol. The highest BCUT2D eigenvalue weighted by molar-refractivity contribution is 7.90. The van der Waals surface area contributed by atoms with Crippen LogP contribution in [0.15, 0.2) is 0 Å². The summed E-state index contributed by atoms with van der Waals surface area (Å²) < 4.78 is 21.8. The fraction of sp³-hybridized carbons (Fsp3) is 1.00. The molecule has 0 aliphatic heterocycles. The number of sulfone groups is 1. The predicted molar refractivity (Wildman–Crippen MR) is 69.3 cm³/mol. The fourth-order valence-corrected chi connectivity index (χ4v) is 2.33. The molecule has 0 aromatic rings. The van der Waals surface area contributed by atoms with Crippen molar-refractivity contribution in [2.75, 3.05) is 31.6 Å². The Morgan fingerprint density at radius 1 is 1.19 bits per heavy atom. The van der Waals surface area contributed by atoms with E-state index in [1.54, 1.807) is 0 Å². The van der Waals surface area contributed by atoms with Gasteiger partial charge in [-0.1, -0.05) is 13.8 Å². The fourth-order valence-electron chi connectivity index (χ4n) is 1.64. The molecule has 98 valence electrons. The van der Waals surface area contributed by atoms with Gasteiger partial charge in [-0.3, -0.25) is 0 Å². The molecule has 0 aliphatic rings. The topological polar surface area (TPSA) is 63.4 Å². The summed E-state index contributed by atoms with van der Waals surface area (Å²) in [6.45, 7) is 7.38. The molecule has 0 aromatic carbocycles. The molecular formula is C11H26N2O2S. The number of nitrogens with two attached hydrogens (primary N) is 1. The standard InChI is InChI=1S/C11H26N2O2S/c1-4-13(5-2)9-8-11(12)7-6-10-16(3,14)15/h11H,4-10,12H2,1-3H3. The van der Waals surface area contributed by atoms with Gasteiger partial charge in [0.15, 0.2) is 0 Å². The number of rotatable bonds is 9. The van der Waals surface area contributed by atoms with E-state index >= 15 is 0 Å². The van der Waals surface area contributed by atoms with E-state index in [4.69, 9.17) is 5.73 Å². The quantitative estimate of drug-likeness (QED) is 0.659. The van der Waals surface area contributed by atoms with Gasteiger partial charge in [0.1, 0.15) is 9.84 Å². The maximum Gasteiger partial charge on any atom is 0.147 e. The zero-order valence-electron chi connectivity index (χ0n) is 10.8. The monoisotopic (exact) mass is 250 g/mol. The van der Waals surface area contributed by atoms with Crippen LogP contribution < -0.4 is 5.73 Å². The smallest absolute Gasteiger partial charge is 0.147 e. The van der Waals surface area contributed by atoms with Crippen LogP contribution in [0.25, 0.3) is 0 Å². The first-order chi connectivity index (χ1) is 7.39. The maximum absolute atomic E-state index is 10.9. The van der Waals surface area contributed by atoms with Crippen LogP contribution in [0.2, 0.25) is 0 Å². The van der Waals surface area contributed by atoms with E-state index in [-0.39, 0.29) is 11.8 Å². The number of nitrogens with zero attached hydrogens (tertiary/aromatic N) is 1. The molecule has 0 saturated heterocycles. The van der Waals surface area contributed by atoms with Gasteiger partial charge in [0.2, 0.25) is 0 Å². The van der Waals surface area contributed by atoms with Gasteiger partial charge in [-0.05, 0) is 38.9 Å². The van der Waals surface area contributed by atoms with Crippen molar-refractivity contribution in [2.24, 2.45) is 5.73 Å². The normalized spacial score (nSPS) is 14.3. The van der Waals surface area contributed by atoms with Crippen LogP contribution in [-0.2, 0) is 9.84 Å². The third-order valence-electron chi connectivity index (χ3n) is 2.80. The zero-order valence-corrected chi connectivity index (χ0v) is 11.6. The third kappa shape index (κ3) is 9.12. The minimum Gasteiger partial charge on any atom is -0.328 e. The van der Waals surface area contributed by atoms with E-state index in [0.717, 1.165) is 32.5 Å². The van der Waals surface area contributed by atoms with Crippen LogP contribution >= 0.6 is 0 Å². The van der Waals surface area contributed by atoms with Gasteiger partial charge in [0.25, 0.3) is 0 Å². The second kappa shape index (κ2) is 8.03. The van der Waals surface area contributed by atoms with Crippen molar-refractivity contribution in [1.29, 1.82) is 0 Å². The molecule has 0 radical (unpaired) electrons. The Hall–Kier alpha value is -0.130. The third-order valence-corrected chi connectivity index (χ3v) is 3.83. The summed E-state index contributed by atoms with van der Waals surface area (Å²) in [4.78, 5) is 2.33. The van der Waals surface area contributed by atoms with E-state index in [9.17, 15) is 8.42 Å². The summed E-state index contributed by atoms with van der Waals surface area (Å²) in [7, 11) is -2.83. The van der Waals surface area contributed by atoms with E-state index in [1.807, 2.05) is 0 Å². The maximum atomic E-state index is 10.9. The number of hydrogen-bond donors (Lipinski definition) is 1. The summed E-state index contributed by atoms with van der Waals surface area (Å²) in [5.41, 5.74) is 5.94. The Morgan fingerprint density at radius 3 is 2.19 bits per heavy atom. The summed E-state index contributed by atoms with van der Waals surface area (Å²) >= 11 is 0. The van der Waals surface area contributed by atoms with Crippen molar-refractivity contribution in [3.63, 3.8) is 0 Å². The van der Waals surface area contributed by atoms with Gasteiger partial charge in [-0.2, -0.15) is 0 Å². The van der Waals surface area contributed by atoms with E-state index in [2.05, 4.69) is 18.7 Å². The zero-order chi connectivity index (χ0) is 12.6. The molecule has 0 aliphatic carbocycles. The van der Waals surface area contributed by atoms with Crippen LogP contribution in [0, 0.1) is 0 Å². The van der Waals surface area contributed by atoms with Crippen LogP contribution in [0.4, 0.5) is 0 Å². The molecule has 0 aromatic heterocycles. The molecule has 0 rings (SSSR count). The lowest BCUT2D eigenvalue weighted by molar-refractivity contribution is 0.287. The molecule has 1 atom stereocenters. The first kappa shape index (κ1) is 15.9. The van der Waals surface area contributed by atoms with Gasteiger partial charge in [-0.25, -0.2) is 8.42 Å². The van der Waals surface area contributed by atoms with E-state index in [0.29, 0.717) is 6.42 Å². The van der Waals surface area contributed by atoms with Crippen LogP contribution in [0.5, 0.6) is 0 Å². The van der Waals surface area contributed by atoms with Gasteiger partial charge < -0.3 is 10.6 Å². The van der Waals surface area contributed by atoms with Crippen molar-refractivity contribution in [1.82, 2.24) is 4.90 Å². The SMILES string of the molecule is CCN(CC)CCC(N)CCCS(C)(=O)=O. The molecular weight excluding hydrogens is 224 g/mol. The lowest BCUT2D eigenvalue weighted by atomic mass is 10.1. The average Bonchev–Trinajstić information content (AvgIpc) is 2.17. The van der Waals surface area contributed by atoms with Gasteiger partial charge in [0.05, 0.1) is 0 Å². The van der Waals surface area contributed by atoms with Gasteiger partial charge >= 0.3 is 0 Å². The summed E-state index contributed by atoms with van der Waals surface area (Å²) in [6, 6.07) is 0.127. The second-order valence-electron chi connectivity index (χ2n) is 4.35. The first-order valence-corrected chi connectivity index (χ1v) is 8.10. The van der Waals surface area contributed by atoms with Crippen LogP contribution in [-0.4, -0.2) is 51.0 Å². The first-order valence-electron chi connectivity index (χ1n) is 6.04. The number of hydrogen-bond acceptors (Lipinski definition) is 4. The summed E-state index contributed by atoms with van der Waals surface area (Å²) in [5.74, 6) is 0.256. The molecule has 4 nitrogen and oxygen atoms in total. The Kier molecular flexibility index (Phi) is 7.97. The molecule has 1 unspecified atom stereocenters.